The fourth-order valence-corrected chi connectivity index (χ4v) is 3.68. The largest absolute Gasteiger partial charge is 0.398 e. The van der Waals surface area contributed by atoms with Gasteiger partial charge in [-0.3, -0.25) is 4.72 Å². The molecule has 0 fully saturated rings. The molecule has 0 bridgehead atoms. The van der Waals surface area contributed by atoms with Crippen LogP contribution in [0.15, 0.2) is 65.6 Å². The lowest BCUT2D eigenvalue weighted by Gasteiger charge is -2.11. The van der Waals surface area contributed by atoms with Crippen molar-refractivity contribution in [2.45, 2.75) is 4.90 Å². The Bertz CT molecular complexity index is 938. The van der Waals surface area contributed by atoms with E-state index in [1.165, 1.54) is 0 Å². The Balaban J connectivity index is 2.09. The van der Waals surface area contributed by atoms with E-state index in [9.17, 15) is 8.42 Å². The zero-order valence-corrected chi connectivity index (χ0v) is 13.0. The third kappa shape index (κ3) is 2.73. The van der Waals surface area contributed by atoms with Crippen LogP contribution < -0.4 is 10.5 Å². The second kappa shape index (κ2) is 5.51. The lowest BCUT2D eigenvalue weighted by atomic mass is 10.1. The standard InChI is InChI=1S/C16H13ClN2O2S/c17-11-7-9-12(10-8-11)19-22(20,21)16-6-2-3-13-14(16)4-1-5-15(13)18/h1-10,19H,18H2. The molecule has 22 heavy (non-hydrogen) atoms. The fraction of sp³-hybridized carbons (Fsp3) is 0. The summed E-state index contributed by atoms with van der Waals surface area (Å²) in [6, 6.07) is 16.7. The lowest BCUT2D eigenvalue weighted by molar-refractivity contribution is 0.602. The van der Waals surface area contributed by atoms with Gasteiger partial charge in [0.25, 0.3) is 10.0 Å². The zero-order chi connectivity index (χ0) is 15.7. The van der Waals surface area contributed by atoms with Crippen LogP contribution in [-0.2, 0) is 10.0 Å². The average Bonchev–Trinajstić information content (AvgIpc) is 2.49. The number of nitrogen functional groups attached to an aromatic ring is 1. The van der Waals surface area contributed by atoms with Gasteiger partial charge < -0.3 is 5.73 Å². The first kappa shape index (κ1) is 14.7. The second-order valence-electron chi connectivity index (χ2n) is 4.81. The second-order valence-corrected chi connectivity index (χ2v) is 6.90. The van der Waals surface area contributed by atoms with Crippen molar-refractivity contribution in [3.05, 3.63) is 65.7 Å². The molecule has 0 saturated heterocycles. The van der Waals surface area contributed by atoms with Crippen LogP contribution in [0.25, 0.3) is 10.8 Å². The molecule has 3 aromatic rings. The number of nitrogens with two attached hydrogens (primary N) is 1. The first-order valence-electron chi connectivity index (χ1n) is 6.53. The van der Waals surface area contributed by atoms with Gasteiger partial charge in [-0.2, -0.15) is 0 Å². The molecule has 112 valence electrons. The normalized spacial score (nSPS) is 11.5. The number of nitrogens with one attached hydrogen (secondary N) is 1. The van der Waals surface area contributed by atoms with E-state index in [1.54, 1.807) is 60.7 Å². The minimum atomic E-state index is -3.72. The van der Waals surface area contributed by atoms with Gasteiger partial charge in [0.2, 0.25) is 0 Å². The SMILES string of the molecule is Nc1cccc2c(S(=O)(=O)Nc3ccc(Cl)cc3)cccc12. The maximum absolute atomic E-state index is 12.6. The van der Waals surface area contributed by atoms with Gasteiger partial charge in [-0.25, -0.2) is 8.42 Å². The number of hydrogen-bond acceptors (Lipinski definition) is 3. The molecule has 0 unspecified atom stereocenters. The van der Waals surface area contributed by atoms with Gasteiger partial charge in [0.15, 0.2) is 0 Å². The molecule has 0 amide bonds. The van der Waals surface area contributed by atoms with Crippen LogP contribution in [-0.4, -0.2) is 8.42 Å². The maximum Gasteiger partial charge on any atom is 0.262 e. The van der Waals surface area contributed by atoms with Crippen molar-refractivity contribution in [2.75, 3.05) is 10.5 Å². The molecule has 3 N–H and O–H groups in total. The molecule has 4 nitrogen and oxygen atoms in total. The van der Waals surface area contributed by atoms with Crippen molar-refractivity contribution < 1.29 is 8.42 Å². The van der Waals surface area contributed by atoms with Crippen LogP contribution in [0.3, 0.4) is 0 Å². The molecule has 0 atom stereocenters. The highest BCUT2D eigenvalue weighted by Crippen LogP contribution is 2.28. The molecule has 3 aromatic carbocycles. The van der Waals surface area contributed by atoms with Crippen LogP contribution in [0.1, 0.15) is 0 Å². The van der Waals surface area contributed by atoms with Crippen LogP contribution in [0, 0.1) is 0 Å². The summed E-state index contributed by atoms with van der Waals surface area (Å²) in [7, 11) is -3.72. The number of halogens is 1. The van der Waals surface area contributed by atoms with E-state index in [1.807, 2.05) is 0 Å². The first-order chi connectivity index (χ1) is 10.5. The summed E-state index contributed by atoms with van der Waals surface area (Å²) in [5.41, 5.74) is 6.90. The minimum Gasteiger partial charge on any atom is -0.398 e. The molecular formula is C16H13ClN2O2S. The van der Waals surface area contributed by atoms with Gasteiger partial charge in [-0.1, -0.05) is 35.9 Å². The van der Waals surface area contributed by atoms with Crippen LogP contribution in [0.5, 0.6) is 0 Å². The highest BCUT2D eigenvalue weighted by molar-refractivity contribution is 7.93. The molecule has 0 saturated carbocycles. The first-order valence-corrected chi connectivity index (χ1v) is 8.39. The van der Waals surface area contributed by atoms with Crippen molar-refractivity contribution in [1.82, 2.24) is 0 Å². The molecule has 6 heteroatoms. The van der Waals surface area contributed by atoms with E-state index in [4.69, 9.17) is 17.3 Å². The van der Waals surface area contributed by atoms with Crippen LogP contribution in [0.4, 0.5) is 11.4 Å². The molecule has 0 aliphatic heterocycles. The molecular weight excluding hydrogens is 320 g/mol. The summed E-state index contributed by atoms with van der Waals surface area (Å²) in [4.78, 5) is 0.187. The molecule has 0 spiro atoms. The summed E-state index contributed by atoms with van der Waals surface area (Å²) >= 11 is 5.80. The predicted molar refractivity (Wildman–Crippen MR) is 90.6 cm³/mol. The molecule has 3 rings (SSSR count). The Morgan fingerprint density at radius 1 is 0.864 bits per heavy atom. The molecule has 0 radical (unpaired) electrons. The number of rotatable bonds is 3. The quantitative estimate of drug-likeness (QED) is 0.715. The highest BCUT2D eigenvalue weighted by atomic mass is 35.5. The fourth-order valence-electron chi connectivity index (χ4n) is 2.27. The summed E-state index contributed by atoms with van der Waals surface area (Å²) in [6.45, 7) is 0. The van der Waals surface area contributed by atoms with E-state index in [0.717, 1.165) is 0 Å². The highest BCUT2D eigenvalue weighted by Gasteiger charge is 2.17. The van der Waals surface area contributed by atoms with E-state index in [0.29, 0.717) is 27.2 Å². The third-order valence-electron chi connectivity index (χ3n) is 3.30. The smallest absolute Gasteiger partial charge is 0.262 e. The maximum atomic E-state index is 12.6. The van der Waals surface area contributed by atoms with Crippen molar-refractivity contribution in [2.24, 2.45) is 0 Å². The number of benzene rings is 3. The summed E-state index contributed by atoms with van der Waals surface area (Å²) in [5, 5.41) is 1.84. The van der Waals surface area contributed by atoms with Crippen molar-refractivity contribution in [3.8, 4) is 0 Å². The Morgan fingerprint density at radius 2 is 1.50 bits per heavy atom. The van der Waals surface area contributed by atoms with Crippen molar-refractivity contribution in [3.63, 3.8) is 0 Å². The monoisotopic (exact) mass is 332 g/mol. The summed E-state index contributed by atoms with van der Waals surface area (Å²) in [6.07, 6.45) is 0. The summed E-state index contributed by atoms with van der Waals surface area (Å²) < 4.78 is 27.8. The van der Waals surface area contributed by atoms with E-state index in [-0.39, 0.29) is 4.90 Å². The summed E-state index contributed by atoms with van der Waals surface area (Å²) in [5.74, 6) is 0. The van der Waals surface area contributed by atoms with Gasteiger partial charge in [0.05, 0.1) is 4.90 Å². The predicted octanol–water partition coefficient (Wildman–Crippen LogP) is 3.88. The molecule has 0 aliphatic rings. The molecule has 0 aliphatic carbocycles. The average molecular weight is 333 g/mol. The van der Waals surface area contributed by atoms with Gasteiger partial charge >= 0.3 is 0 Å². The Kier molecular flexibility index (Phi) is 3.68. The van der Waals surface area contributed by atoms with Gasteiger partial charge in [0, 0.05) is 27.2 Å². The number of hydrogen-bond donors (Lipinski definition) is 2. The number of fused-ring (bicyclic) bond motifs is 1. The van der Waals surface area contributed by atoms with Crippen LogP contribution >= 0.6 is 11.6 Å². The Hall–Kier alpha value is -2.24. The topological polar surface area (TPSA) is 72.2 Å². The van der Waals surface area contributed by atoms with Crippen LogP contribution in [0.2, 0.25) is 5.02 Å². The van der Waals surface area contributed by atoms with Gasteiger partial charge in [-0.05, 0) is 36.4 Å². The van der Waals surface area contributed by atoms with E-state index < -0.39 is 10.0 Å². The van der Waals surface area contributed by atoms with Crippen molar-refractivity contribution in [1.29, 1.82) is 0 Å². The van der Waals surface area contributed by atoms with Gasteiger partial charge in [0.1, 0.15) is 0 Å². The number of sulfonamides is 1. The third-order valence-corrected chi connectivity index (χ3v) is 4.99. The lowest BCUT2D eigenvalue weighted by Crippen LogP contribution is -2.13. The minimum absolute atomic E-state index is 0.187. The van der Waals surface area contributed by atoms with E-state index >= 15 is 0 Å². The Labute approximate surface area is 133 Å². The Morgan fingerprint density at radius 3 is 2.23 bits per heavy atom. The van der Waals surface area contributed by atoms with Crippen molar-refractivity contribution >= 4 is 43.8 Å². The number of anilines is 2. The van der Waals surface area contributed by atoms with Gasteiger partial charge in [-0.15, -0.1) is 0 Å². The molecule has 0 aromatic heterocycles. The van der Waals surface area contributed by atoms with E-state index in [2.05, 4.69) is 4.72 Å². The molecule has 0 heterocycles. The zero-order valence-electron chi connectivity index (χ0n) is 11.5.